The smallest absolute Gasteiger partial charge is 0.662 e. The third-order valence-electron chi connectivity index (χ3n) is 20.1. The summed E-state index contributed by atoms with van der Waals surface area (Å²) in [6.45, 7) is 36.4. The number of hydrogen-bond donors (Lipinski definition) is 4. The number of nitrogens with zero attached hydrogens (tertiary/aromatic N) is 8. The number of imide groups is 4. The van der Waals surface area contributed by atoms with Crippen LogP contribution in [0.5, 0.6) is 17.2 Å². The quantitative estimate of drug-likeness (QED) is 0.0156. The molecule has 3 aromatic carbocycles. The SMILES string of the molecule is CC(C)(C)OC(=O)N1CCC2(CC1)NC(=O)NC2=O.CC(C)CI.CC(C)CN1C(=O)N(Cc2ccc(OC(F)(F)F)cc2)C2(CCN(C(=O)OC(C)(C)C)CC2)C1=O.CC(C)CN1C(=O)N(Cc2ccc(OC(F)(F)F)cc2)C2(CCNCC2)C1=O.CC(C)CN1C(=O)NC2(CCN(C(=O)OC(C)(C)C)CC2)C1=O.FC(F)(F)Oc1ccc(CBr)cc1.O=CO[O-].O=CO[O-].[Cs+].[Cs+]. The minimum absolute atomic E-state index is 0. The summed E-state index contributed by atoms with van der Waals surface area (Å²) in [4.78, 5) is 171. The Kier molecular flexibility index (Phi) is 50.6. The van der Waals surface area contributed by atoms with Gasteiger partial charge in [0.2, 0.25) is 0 Å². The van der Waals surface area contributed by atoms with Crippen molar-refractivity contribution in [3.05, 3.63) is 89.5 Å². The van der Waals surface area contributed by atoms with Crippen LogP contribution in [0.4, 0.5) is 73.1 Å². The van der Waals surface area contributed by atoms with Crippen LogP contribution in [0, 0.1) is 23.7 Å². The van der Waals surface area contributed by atoms with Crippen molar-refractivity contribution in [1.82, 2.24) is 60.5 Å². The first-order chi connectivity index (χ1) is 60.6. The molecule has 8 heterocycles. The Morgan fingerprint density at radius 2 is 0.729 bits per heavy atom. The van der Waals surface area contributed by atoms with Crippen molar-refractivity contribution in [2.75, 3.05) is 76.4 Å². The molecule has 133 heavy (non-hydrogen) atoms. The Balaban J connectivity index is 0.000000555. The molecular weight excluding hydrogens is 2200 g/mol. The van der Waals surface area contributed by atoms with Gasteiger partial charge in [0.25, 0.3) is 36.6 Å². The maximum Gasteiger partial charge on any atom is 1.00 e. The number of amides is 15. The van der Waals surface area contributed by atoms with Gasteiger partial charge in [0.05, 0.1) is 0 Å². The van der Waals surface area contributed by atoms with Crippen LogP contribution < -0.4 is 184 Å². The molecule has 4 spiro atoms. The molecule has 736 valence electrons. The van der Waals surface area contributed by atoms with Gasteiger partial charge in [-0.3, -0.25) is 48.8 Å². The number of nitrogens with one attached hydrogen (secondary N) is 4. The van der Waals surface area contributed by atoms with E-state index in [9.17, 15) is 92.3 Å². The zero-order valence-electron chi connectivity index (χ0n) is 78.3. The van der Waals surface area contributed by atoms with E-state index in [1.807, 2.05) is 62.3 Å². The van der Waals surface area contributed by atoms with Crippen molar-refractivity contribution in [2.45, 2.75) is 246 Å². The van der Waals surface area contributed by atoms with E-state index >= 15 is 0 Å². The number of piperidine rings is 4. The molecule has 8 aliphatic rings. The van der Waals surface area contributed by atoms with Crippen LogP contribution in [-0.2, 0) is 71.2 Å². The fourth-order valence-electron chi connectivity index (χ4n) is 14.2. The molecule has 0 aliphatic carbocycles. The molecule has 8 fully saturated rings. The van der Waals surface area contributed by atoms with Gasteiger partial charge >= 0.3 is 199 Å². The molecule has 3 aromatic rings. The minimum atomic E-state index is -4.80. The number of rotatable bonds is 17. The molecule has 11 rings (SSSR count). The zero-order valence-corrected chi connectivity index (χ0v) is 94.6. The van der Waals surface area contributed by atoms with Gasteiger partial charge < -0.3 is 89.2 Å². The number of carbonyl (C=O) groups is 13. The predicted molar refractivity (Wildman–Crippen MR) is 461 cm³/mol. The molecule has 0 bridgehead atoms. The molecule has 0 aromatic heterocycles. The Labute approximate surface area is 907 Å². The normalized spacial score (nSPS) is 17.7. The molecule has 35 nitrogen and oxygen atoms in total. The van der Waals surface area contributed by atoms with E-state index < -0.39 is 76.2 Å². The van der Waals surface area contributed by atoms with Crippen LogP contribution in [0.25, 0.3) is 0 Å². The van der Waals surface area contributed by atoms with Crippen LogP contribution >= 0.6 is 38.5 Å². The van der Waals surface area contributed by atoms with Gasteiger partial charge in [-0.15, -0.1) is 39.5 Å². The third-order valence-corrected chi connectivity index (χ3v) is 22.5. The fraction of sp³-hybridized carbons (Fsp3) is 0.635. The van der Waals surface area contributed by atoms with Crippen molar-refractivity contribution < 1.29 is 288 Å². The summed E-state index contributed by atoms with van der Waals surface area (Å²) < 4.78 is 138. The second-order valence-electron chi connectivity index (χ2n) is 36.0. The number of urea groups is 4. The third kappa shape index (κ3) is 40.1. The van der Waals surface area contributed by atoms with Crippen molar-refractivity contribution in [1.29, 1.82) is 0 Å². The monoisotopic (exact) mass is 2320 g/mol. The Morgan fingerprint density at radius 3 is 0.992 bits per heavy atom. The standard InChI is InChI=1S/C24H32F3N3O5.C19H24F3N3O3.C16H27N3O4.C12H19N3O4.C8H6BrF3O.C4H9I.2CH2O3.2Cs/c1-16(2)14-29-19(31)23(10-12-28(13-11-23)21(33)35-22(3,4)5)30(20(29)32)15-17-6-8-18(9-7-17)34-24(25,26)27;1-13(2)11-24-16(26)18(7-9-23-10-8-18)25(17(24)27)12-14-3-5-15(6-4-14)28-19(20,21)22;1-11(2)10-19-12(20)16(17-13(19)21)6-8-18(9-7-16)14(22)23-15(3,4)5;1-11(2,3)19-10(18)15-6-4-12(5-7-15)8(16)13-9(17)14-12;9-5-6-1-3-7(4-2-6)13-8(10,11)12;1-4(2)3-5;2*2-1-4-3;;/h6-9,16H,10-15H2,1-5H3;3-6,13,23H,7-12H2,1-2H3;11H,6-10H2,1-5H3,(H,17,21);4-7H2,1-3H3,(H2,13,14,16,17);1-4H,5H2;4H,3H2,1-2H3;2*1,3H;;/q;;;;;;;;2*+1/p-2. The Hall–Kier alpha value is -5.87. The summed E-state index contributed by atoms with van der Waals surface area (Å²) in [5.74, 6) is -0.548. The van der Waals surface area contributed by atoms with E-state index in [2.05, 4.69) is 97.6 Å². The molecule has 0 unspecified atom stereocenters. The number of alkyl halides is 11. The number of halogens is 11. The average Bonchev–Trinajstić information content (AvgIpc) is 1.59. The number of likely N-dealkylation sites (tertiary alicyclic amines) is 3. The van der Waals surface area contributed by atoms with E-state index in [1.165, 1.54) is 89.6 Å². The van der Waals surface area contributed by atoms with Gasteiger partial charge in [0, 0.05) is 81.7 Å². The largest absolute Gasteiger partial charge is 1.00 e. The zero-order chi connectivity index (χ0) is 99.4. The molecule has 15 amide bonds. The van der Waals surface area contributed by atoms with Gasteiger partial charge in [-0.1, -0.05) is 130 Å². The molecule has 8 saturated heterocycles. The van der Waals surface area contributed by atoms with E-state index in [4.69, 9.17) is 34.3 Å². The maximum absolute atomic E-state index is 13.5. The number of benzene rings is 3. The van der Waals surface area contributed by atoms with Crippen LogP contribution in [0.2, 0.25) is 0 Å². The molecule has 0 radical (unpaired) electrons. The van der Waals surface area contributed by atoms with Crippen LogP contribution in [-0.4, -0.2) is 253 Å². The number of hydrogen-bond acceptors (Lipinski definition) is 24. The second-order valence-corrected chi connectivity index (χ2v) is 37.5. The fourth-order valence-corrected chi connectivity index (χ4v) is 14.6. The summed E-state index contributed by atoms with van der Waals surface area (Å²) in [6, 6.07) is 14.8. The van der Waals surface area contributed by atoms with Crippen LogP contribution in [0.15, 0.2) is 72.8 Å². The minimum Gasteiger partial charge on any atom is -0.662 e. The summed E-state index contributed by atoms with van der Waals surface area (Å²) in [5, 5.41) is 28.4. The molecule has 0 atom stereocenters. The van der Waals surface area contributed by atoms with Crippen molar-refractivity contribution in [2.24, 2.45) is 23.7 Å². The number of ether oxygens (including phenoxy) is 6. The Morgan fingerprint density at radius 1 is 0.444 bits per heavy atom. The summed E-state index contributed by atoms with van der Waals surface area (Å²) in [7, 11) is 0. The van der Waals surface area contributed by atoms with E-state index in [0.717, 1.165) is 11.5 Å². The van der Waals surface area contributed by atoms with Crippen LogP contribution in [0.3, 0.4) is 0 Å². The first kappa shape index (κ1) is 123. The van der Waals surface area contributed by atoms with E-state index in [0.29, 0.717) is 107 Å². The topological polar surface area (TPSA) is 416 Å². The van der Waals surface area contributed by atoms with Gasteiger partial charge in [0.1, 0.15) is 56.2 Å². The van der Waals surface area contributed by atoms with E-state index in [1.54, 1.807) is 68.4 Å². The van der Waals surface area contributed by atoms with Crippen LogP contribution in [0.1, 0.15) is 186 Å². The van der Waals surface area contributed by atoms with Crippen molar-refractivity contribution in [3.8, 4) is 17.2 Å². The van der Waals surface area contributed by atoms with Crippen molar-refractivity contribution >= 4 is 117 Å². The average molecular weight is 2320 g/mol. The second kappa shape index (κ2) is 54.6. The maximum atomic E-state index is 13.5. The number of carbonyl (C=O) groups excluding carboxylic acids is 13. The summed E-state index contributed by atoms with van der Waals surface area (Å²) in [5.41, 5.74) is -3.38. The summed E-state index contributed by atoms with van der Waals surface area (Å²) >= 11 is 5.56. The molecule has 8 aliphatic heterocycles. The van der Waals surface area contributed by atoms with Gasteiger partial charge in [-0.05, 0) is 204 Å². The Bertz CT molecular complexity index is 4280. The molecule has 48 heteroatoms. The van der Waals surface area contributed by atoms with Gasteiger partial charge in [-0.25, -0.2) is 33.6 Å². The summed E-state index contributed by atoms with van der Waals surface area (Å²) in [6.07, 6.45) is -12.2. The molecule has 0 saturated carbocycles. The first-order valence-corrected chi connectivity index (χ1v) is 44.6. The van der Waals surface area contributed by atoms with Gasteiger partial charge in [0.15, 0.2) is 0 Å². The van der Waals surface area contributed by atoms with Crippen molar-refractivity contribution in [3.63, 3.8) is 0 Å². The first-order valence-electron chi connectivity index (χ1n) is 41.9. The van der Waals surface area contributed by atoms with Gasteiger partial charge in [-0.2, -0.15) is 0 Å². The molecular formula is C85H119BrCs2F9IN12O23. The van der Waals surface area contributed by atoms with E-state index in [-0.39, 0.29) is 279 Å². The predicted octanol–water partition coefficient (Wildman–Crippen LogP) is 6.90. The molecule has 4 N–H and O–H groups in total.